The van der Waals surface area contributed by atoms with E-state index in [2.05, 4.69) is 16.7 Å². The van der Waals surface area contributed by atoms with E-state index in [1.165, 1.54) is 16.2 Å². The van der Waals surface area contributed by atoms with Crippen molar-refractivity contribution in [3.63, 3.8) is 0 Å². The van der Waals surface area contributed by atoms with E-state index in [9.17, 15) is 14.4 Å². The summed E-state index contributed by atoms with van der Waals surface area (Å²) in [4.78, 5) is 41.5. The quantitative estimate of drug-likeness (QED) is 0.472. The van der Waals surface area contributed by atoms with Gasteiger partial charge in [0.05, 0.1) is 38.4 Å². The van der Waals surface area contributed by atoms with Gasteiger partial charge in [0, 0.05) is 22.2 Å². The van der Waals surface area contributed by atoms with Gasteiger partial charge in [-0.3, -0.25) is 14.4 Å². The number of nitrogens with zero attached hydrogens (tertiary/aromatic N) is 2. The van der Waals surface area contributed by atoms with Crippen LogP contribution >= 0.6 is 11.3 Å². The van der Waals surface area contributed by atoms with E-state index < -0.39 is 17.7 Å². The van der Waals surface area contributed by atoms with Crippen LogP contribution in [-0.4, -0.2) is 60.8 Å². The Bertz CT molecular complexity index is 1420. The number of aryl methyl sites for hydroxylation is 1. The van der Waals surface area contributed by atoms with Crippen molar-refractivity contribution in [1.29, 1.82) is 5.26 Å². The highest BCUT2D eigenvalue weighted by Gasteiger charge is 2.52. The number of nitriles is 1. The maximum Gasteiger partial charge on any atom is 0.251 e. The molecule has 2 aliphatic heterocycles. The summed E-state index contributed by atoms with van der Waals surface area (Å²) in [6.45, 7) is 2.79. The minimum atomic E-state index is -1.02. The van der Waals surface area contributed by atoms with Crippen molar-refractivity contribution in [3.8, 4) is 17.2 Å². The molecule has 2 saturated heterocycles. The summed E-state index contributed by atoms with van der Waals surface area (Å²) in [5, 5.41) is 16.3. The van der Waals surface area contributed by atoms with E-state index in [0.29, 0.717) is 24.3 Å². The zero-order chi connectivity index (χ0) is 27.4. The Morgan fingerprint density at radius 2 is 1.87 bits per heavy atom. The molecule has 200 valence electrons. The molecule has 0 unspecified atom stereocenters. The molecular formula is C29H28N4O5S. The Morgan fingerprint density at radius 3 is 2.56 bits per heavy atom. The van der Waals surface area contributed by atoms with Gasteiger partial charge in [-0.1, -0.05) is 36.4 Å². The Kier molecular flexibility index (Phi) is 7.74. The number of carbonyl (C=O) groups is 3. The Labute approximate surface area is 230 Å². The molecule has 2 fully saturated rings. The maximum absolute atomic E-state index is 13.2. The van der Waals surface area contributed by atoms with Gasteiger partial charge < -0.3 is 25.0 Å². The van der Waals surface area contributed by atoms with Crippen molar-refractivity contribution in [3.05, 3.63) is 81.5 Å². The SMILES string of the molecule is Cc1cc(C(=O)NCC(=O)N2CC3(C[C@H]2C(=O)NCc2cc(C#N)cs2)OCCO3)ccc1-c1ccccc1. The van der Waals surface area contributed by atoms with E-state index in [4.69, 9.17) is 14.7 Å². The van der Waals surface area contributed by atoms with Gasteiger partial charge in [-0.2, -0.15) is 5.26 Å². The van der Waals surface area contributed by atoms with Crippen LogP contribution in [0.4, 0.5) is 0 Å². The molecule has 1 spiro atoms. The summed E-state index contributed by atoms with van der Waals surface area (Å²) < 4.78 is 11.6. The fourth-order valence-electron chi connectivity index (χ4n) is 4.97. The molecule has 0 bridgehead atoms. The Balaban J connectivity index is 1.23. The number of thiophene rings is 1. The second kappa shape index (κ2) is 11.4. The second-order valence-corrected chi connectivity index (χ2v) is 10.6. The second-order valence-electron chi connectivity index (χ2n) is 9.56. The molecule has 9 nitrogen and oxygen atoms in total. The summed E-state index contributed by atoms with van der Waals surface area (Å²) in [5.41, 5.74) is 4.02. The third-order valence-corrected chi connectivity index (χ3v) is 7.86. The van der Waals surface area contributed by atoms with E-state index in [-0.39, 0.29) is 37.9 Å². The van der Waals surface area contributed by atoms with Crippen LogP contribution in [0.3, 0.4) is 0 Å². The Hall–Kier alpha value is -4.04. The number of hydrogen-bond donors (Lipinski definition) is 2. The number of ether oxygens (including phenoxy) is 2. The molecular weight excluding hydrogens is 516 g/mol. The van der Waals surface area contributed by atoms with Gasteiger partial charge in [-0.15, -0.1) is 11.3 Å². The molecule has 3 amide bonds. The average Bonchev–Trinajstić information content (AvgIpc) is 3.71. The van der Waals surface area contributed by atoms with Crippen molar-refractivity contribution in [2.75, 3.05) is 26.3 Å². The highest BCUT2D eigenvalue weighted by molar-refractivity contribution is 7.10. The molecule has 0 radical (unpaired) electrons. The van der Waals surface area contributed by atoms with E-state index in [1.54, 1.807) is 23.6 Å². The maximum atomic E-state index is 13.2. The molecule has 2 aliphatic rings. The number of amides is 3. The summed E-state index contributed by atoms with van der Waals surface area (Å²) >= 11 is 1.38. The molecule has 5 rings (SSSR count). The van der Waals surface area contributed by atoms with Crippen molar-refractivity contribution < 1.29 is 23.9 Å². The van der Waals surface area contributed by atoms with E-state index in [0.717, 1.165) is 21.6 Å². The number of nitrogens with one attached hydrogen (secondary N) is 2. The minimum absolute atomic E-state index is 0.0995. The smallest absolute Gasteiger partial charge is 0.251 e. The largest absolute Gasteiger partial charge is 0.349 e. The number of carbonyl (C=O) groups excluding carboxylic acids is 3. The van der Waals surface area contributed by atoms with Crippen LogP contribution in [-0.2, 0) is 25.6 Å². The van der Waals surface area contributed by atoms with E-state index in [1.807, 2.05) is 43.3 Å². The van der Waals surface area contributed by atoms with Gasteiger partial charge in [0.1, 0.15) is 12.1 Å². The number of rotatable bonds is 7. The minimum Gasteiger partial charge on any atom is -0.349 e. The lowest BCUT2D eigenvalue weighted by Gasteiger charge is -2.24. The van der Waals surface area contributed by atoms with Crippen LogP contribution in [0.2, 0.25) is 0 Å². The van der Waals surface area contributed by atoms with Gasteiger partial charge >= 0.3 is 0 Å². The predicted octanol–water partition coefficient (Wildman–Crippen LogP) is 2.99. The molecule has 1 aromatic heterocycles. The fraction of sp³-hybridized carbons (Fsp3) is 0.310. The van der Waals surface area contributed by atoms with Gasteiger partial charge in [-0.05, 0) is 41.8 Å². The normalized spacial score (nSPS) is 17.6. The third kappa shape index (κ3) is 5.86. The molecule has 39 heavy (non-hydrogen) atoms. The van der Waals surface area contributed by atoms with Crippen molar-refractivity contribution in [2.45, 2.75) is 31.7 Å². The summed E-state index contributed by atoms with van der Waals surface area (Å²) in [5.74, 6) is -2.15. The number of benzene rings is 2. The van der Waals surface area contributed by atoms with Gasteiger partial charge in [0.15, 0.2) is 5.79 Å². The van der Waals surface area contributed by atoms with Gasteiger partial charge in [0.2, 0.25) is 11.8 Å². The molecule has 2 N–H and O–H groups in total. The lowest BCUT2D eigenvalue weighted by molar-refractivity contribution is -0.152. The first-order valence-corrected chi connectivity index (χ1v) is 13.5. The first kappa shape index (κ1) is 26.6. The van der Waals surface area contributed by atoms with Crippen LogP contribution in [0.15, 0.2) is 60.0 Å². The molecule has 2 aromatic carbocycles. The van der Waals surface area contributed by atoms with Gasteiger partial charge in [-0.25, -0.2) is 0 Å². The van der Waals surface area contributed by atoms with Crippen LogP contribution in [0.5, 0.6) is 0 Å². The topological polar surface area (TPSA) is 121 Å². The monoisotopic (exact) mass is 544 g/mol. The van der Waals surface area contributed by atoms with Crippen LogP contribution in [0, 0.1) is 18.3 Å². The number of likely N-dealkylation sites (tertiary alicyclic amines) is 1. The molecule has 10 heteroatoms. The first-order chi connectivity index (χ1) is 18.9. The van der Waals surface area contributed by atoms with Gasteiger partial charge in [0.25, 0.3) is 5.91 Å². The Morgan fingerprint density at radius 1 is 1.10 bits per heavy atom. The fourth-order valence-corrected chi connectivity index (χ4v) is 5.72. The summed E-state index contributed by atoms with van der Waals surface area (Å²) in [6, 6.07) is 18.3. The third-order valence-electron chi connectivity index (χ3n) is 6.92. The highest BCUT2D eigenvalue weighted by atomic mass is 32.1. The summed E-state index contributed by atoms with van der Waals surface area (Å²) in [7, 11) is 0. The zero-order valence-corrected chi connectivity index (χ0v) is 22.3. The van der Waals surface area contributed by atoms with Crippen molar-refractivity contribution in [1.82, 2.24) is 15.5 Å². The standard InChI is InChI=1S/C29H28N4O5S/c1-19-11-22(7-8-24(19)21-5-3-2-4-6-21)27(35)32-16-26(34)33-18-29(37-9-10-38-29)13-25(33)28(36)31-15-23-12-20(14-30)17-39-23/h2-8,11-12,17,25H,9-10,13,15-16,18H2,1H3,(H,31,36)(H,32,35)/t25-/m0/s1. The first-order valence-electron chi connectivity index (χ1n) is 12.6. The predicted molar refractivity (Wildman–Crippen MR) is 145 cm³/mol. The molecule has 0 saturated carbocycles. The number of hydrogen-bond acceptors (Lipinski definition) is 7. The van der Waals surface area contributed by atoms with Crippen molar-refractivity contribution >= 4 is 29.1 Å². The van der Waals surface area contributed by atoms with Crippen LogP contribution in [0.25, 0.3) is 11.1 Å². The molecule has 1 atom stereocenters. The molecule has 0 aliphatic carbocycles. The molecule has 3 heterocycles. The van der Waals surface area contributed by atoms with E-state index >= 15 is 0 Å². The average molecular weight is 545 g/mol. The molecule has 3 aromatic rings. The lowest BCUT2D eigenvalue weighted by atomic mass is 9.98. The van der Waals surface area contributed by atoms with Crippen molar-refractivity contribution in [2.24, 2.45) is 0 Å². The highest BCUT2D eigenvalue weighted by Crippen LogP contribution is 2.35. The van der Waals surface area contributed by atoms with Crippen LogP contribution in [0.1, 0.15) is 32.8 Å². The van der Waals surface area contributed by atoms with Crippen LogP contribution < -0.4 is 10.6 Å². The lowest BCUT2D eigenvalue weighted by Crippen LogP contribution is -2.49. The zero-order valence-electron chi connectivity index (χ0n) is 21.4. The summed E-state index contributed by atoms with van der Waals surface area (Å²) in [6.07, 6.45) is 0.201.